The summed E-state index contributed by atoms with van der Waals surface area (Å²) < 4.78 is 3.51. The molecule has 2 aromatic rings. The molecule has 74 valence electrons. The number of hydrogen-bond donors (Lipinski definition) is 0. The SMILES string of the molecule is Cc1nn(C)c(Cl)c1Cn1cccn1. The van der Waals surface area contributed by atoms with Crippen molar-refractivity contribution in [1.82, 2.24) is 19.6 Å². The number of rotatable bonds is 2. The Morgan fingerprint density at radius 3 is 2.79 bits per heavy atom. The van der Waals surface area contributed by atoms with Crippen LogP contribution in [0.3, 0.4) is 0 Å². The van der Waals surface area contributed by atoms with E-state index in [0.29, 0.717) is 11.7 Å². The van der Waals surface area contributed by atoms with Crippen molar-refractivity contribution in [2.24, 2.45) is 7.05 Å². The van der Waals surface area contributed by atoms with Crippen LogP contribution in [0.2, 0.25) is 5.15 Å². The van der Waals surface area contributed by atoms with E-state index in [1.807, 2.05) is 30.9 Å². The maximum Gasteiger partial charge on any atom is 0.132 e. The normalized spacial score (nSPS) is 10.8. The molecule has 4 nitrogen and oxygen atoms in total. The lowest BCUT2D eigenvalue weighted by Crippen LogP contribution is -2.01. The van der Waals surface area contributed by atoms with Crippen molar-refractivity contribution < 1.29 is 0 Å². The van der Waals surface area contributed by atoms with E-state index in [0.717, 1.165) is 11.3 Å². The largest absolute Gasteiger partial charge is 0.268 e. The molecule has 0 radical (unpaired) electrons. The van der Waals surface area contributed by atoms with Crippen molar-refractivity contribution >= 4 is 11.6 Å². The van der Waals surface area contributed by atoms with Crippen LogP contribution in [-0.4, -0.2) is 19.6 Å². The summed E-state index contributed by atoms with van der Waals surface area (Å²) in [5.74, 6) is 0. The first kappa shape index (κ1) is 9.27. The Labute approximate surface area is 87.1 Å². The van der Waals surface area contributed by atoms with Crippen LogP contribution in [0.25, 0.3) is 0 Å². The highest BCUT2D eigenvalue weighted by atomic mass is 35.5. The van der Waals surface area contributed by atoms with Gasteiger partial charge in [-0.2, -0.15) is 10.2 Å². The monoisotopic (exact) mass is 210 g/mol. The summed E-state index contributed by atoms with van der Waals surface area (Å²) in [6, 6.07) is 1.89. The van der Waals surface area contributed by atoms with Crippen LogP contribution in [-0.2, 0) is 13.6 Å². The number of nitrogens with zero attached hydrogens (tertiary/aromatic N) is 4. The molecule has 0 aliphatic heterocycles. The van der Waals surface area contributed by atoms with Gasteiger partial charge in [-0.25, -0.2) is 0 Å². The van der Waals surface area contributed by atoms with Gasteiger partial charge in [0.2, 0.25) is 0 Å². The minimum Gasteiger partial charge on any atom is -0.268 e. The second-order valence-electron chi connectivity index (χ2n) is 3.18. The Kier molecular flexibility index (Phi) is 2.29. The van der Waals surface area contributed by atoms with Gasteiger partial charge in [0.05, 0.1) is 12.2 Å². The van der Waals surface area contributed by atoms with Gasteiger partial charge in [-0.1, -0.05) is 11.6 Å². The highest BCUT2D eigenvalue weighted by Gasteiger charge is 2.11. The fourth-order valence-corrected chi connectivity index (χ4v) is 1.64. The summed E-state index contributed by atoms with van der Waals surface area (Å²) in [6.45, 7) is 2.62. The number of aryl methyl sites for hydroxylation is 2. The molecule has 0 bridgehead atoms. The first-order valence-corrected chi connectivity index (χ1v) is 4.71. The topological polar surface area (TPSA) is 35.6 Å². The maximum absolute atomic E-state index is 6.09. The summed E-state index contributed by atoms with van der Waals surface area (Å²) in [4.78, 5) is 0. The highest BCUT2D eigenvalue weighted by Crippen LogP contribution is 2.19. The minimum absolute atomic E-state index is 0.672. The highest BCUT2D eigenvalue weighted by molar-refractivity contribution is 6.30. The van der Waals surface area contributed by atoms with Crippen LogP contribution in [0.5, 0.6) is 0 Å². The quantitative estimate of drug-likeness (QED) is 0.755. The van der Waals surface area contributed by atoms with Crippen molar-refractivity contribution in [2.45, 2.75) is 13.5 Å². The Hall–Kier alpha value is -1.29. The third kappa shape index (κ3) is 1.53. The lowest BCUT2D eigenvalue weighted by Gasteiger charge is -2.00. The number of hydrogen-bond acceptors (Lipinski definition) is 2. The fraction of sp³-hybridized carbons (Fsp3) is 0.333. The molecule has 0 atom stereocenters. The molecule has 0 spiro atoms. The van der Waals surface area contributed by atoms with Crippen LogP contribution < -0.4 is 0 Å². The summed E-state index contributed by atoms with van der Waals surface area (Å²) >= 11 is 6.09. The predicted molar refractivity (Wildman–Crippen MR) is 54.3 cm³/mol. The molecule has 0 amide bonds. The van der Waals surface area contributed by atoms with Crippen LogP contribution in [0.4, 0.5) is 0 Å². The van der Waals surface area contributed by atoms with Crippen molar-refractivity contribution in [3.05, 3.63) is 34.9 Å². The van der Waals surface area contributed by atoms with E-state index in [9.17, 15) is 0 Å². The van der Waals surface area contributed by atoms with E-state index in [2.05, 4.69) is 10.2 Å². The van der Waals surface area contributed by atoms with Gasteiger partial charge in [-0.05, 0) is 13.0 Å². The molecule has 0 N–H and O–H groups in total. The summed E-state index contributed by atoms with van der Waals surface area (Å²) in [5, 5.41) is 9.04. The van der Waals surface area contributed by atoms with Crippen molar-refractivity contribution in [3.63, 3.8) is 0 Å². The van der Waals surface area contributed by atoms with Gasteiger partial charge < -0.3 is 0 Å². The molecule has 0 saturated heterocycles. The zero-order chi connectivity index (χ0) is 10.1. The molecule has 0 unspecified atom stereocenters. The molecule has 0 fully saturated rings. The maximum atomic E-state index is 6.09. The molecular weight excluding hydrogens is 200 g/mol. The Morgan fingerprint density at radius 2 is 2.29 bits per heavy atom. The fourth-order valence-electron chi connectivity index (χ4n) is 1.41. The van der Waals surface area contributed by atoms with Crippen LogP contribution in [0.15, 0.2) is 18.5 Å². The van der Waals surface area contributed by atoms with E-state index >= 15 is 0 Å². The van der Waals surface area contributed by atoms with Gasteiger partial charge in [0, 0.05) is 25.0 Å². The Bertz CT molecular complexity index is 430. The first-order valence-electron chi connectivity index (χ1n) is 4.34. The lowest BCUT2D eigenvalue weighted by molar-refractivity contribution is 0.683. The van der Waals surface area contributed by atoms with Gasteiger partial charge in [-0.3, -0.25) is 9.36 Å². The van der Waals surface area contributed by atoms with Crippen LogP contribution in [0.1, 0.15) is 11.3 Å². The summed E-state index contributed by atoms with van der Waals surface area (Å²) in [6.07, 6.45) is 3.66. The van der Waals surface area contributed by atoms with E-state index in [-0.39, 0.29) is 0 Å². The smallest absolute Gasteiger partial charge is 0.132 e. The van der Waals surface area contributed by atoms with Crippen molar-refractivity contribution in [3.8, 4) is 0 Å². The molecule has 2 heterocycles. The Balaban J connectivity index is 2.33. The summed E-state index contributed by atoms with van der Waals surface area (Å²) in [5.41, 5.74) is 1.98. The van der Waals surface area contributed by atoms with E-state index in [1.54, 1.807) is 10.9 Å². The molecule has 2 aromatic heterocycles. The molecule has 14 heavy (non-hydrogen) atoms. The molecule has 0 saturated carbocycles. The molecular formula is C9H11ClN4. The van der Waals surface area contributed by atoms with E-state index in [1.165, 1.54) is 0 Å². The lowest BCUT2D eigenvalue weighted by atomic mass is 10.3. The zero-order valence-electron chi connectivity index (χ0n) is 8.11. The van der Waals surface area contributed by atoms with Gasteiger partial charge in [0.25, 0.3) is 0 Å². The molecule has 5 heteroatoms. The standard InChI is InChI=1S/C9H11ClN4/c1-7-8(9(10)13(2)12-7)6-14-5-3-4-11-14/h3-5H,6H2,1-2H3. The first-order chi connectivity index (χ1) is 6.68. The van der Waals surface area contributed by atoms with E-state index < -0.39 is 0 Å². The second kappa shape index (κ2) is 3.46. The minimum atomic E-state index is 0.672. The molecule has 0 aromatic carbocycles. The van der Waals surface area contributed by atoms with Gasteiger partial charge in [0.1, 0.15) is 5.15 Å². The van der Waals surface area contributed by atoms with Gasteiger partial charge >= 0.3 is 0 Å². The second-order valence-corrected chi connectivity index (χ2v) is 3.54. The average molecular weight is 211 g/mol. The van der Waals surface area contributed by atoms with Crippen LogP contribution >= 0.6 is 11.6 Å². The van der Waals surface area contributed by atoms with Gasteiger partial charge in [0.15, 0.2) is 0 Å². The van der Waals surface area contributed by atoms with Crippen molar-refractivity contribution in [1.29, 1.82) is 0 Å². The van der Waals surface area contributed by atoms with E-state index in [4.69, 9.17) is 11.6 Å². The van der Waals surface area contributed by atoms with Gasteiger partial charge in [-0.15, -0.1) is 0 Å². The third-order valence-corrected chi connectivity index (χ3v) is 2.62. The van der Waals surface area contributed by atoms with Crippen molar-refractivity contribution in [2.75, 3.05) is 0 Å². The zero-order valence-corrected chi connectivity index (χ0v) is 8.86. The molecule has 0 aliphatic carbocycles. The third-order valence-electron chi connectivity index (χ3n) is 2.15. The predicted octanol–water partition coefficient (Wildman–Crippen LogP) is 1.63. The average Bonchev–Trinajstić information content (AvgIpc) is 2.71. The summed E-state index contributed by atoms with van der Waals surface area (Å²) in [7, 11) is 1.84. The molecule has 2 rings (SSSR count). The Morgan fingerprint density at radius 1 is 1.50 bits per heavy atom. The molecule has 0 aliphatic rings. The number of halogens is 1. The number of aromatic nitrogens is 4. The van der Waals surface area contributed by atoms with Crippen LogP contribution in [0, 0.1) is 6.92 Å².